The third-order valence-electron chi connectivity index (χ3n) is 3.37. The van der Waals surface area contributed by atoms with Crippen LogP contribution in [0, 0.1) is 6.92 Å². The van der Waals surface area contributed by atoms with Crippen LogP contribution in [0.25, 0.3) is 11.4 Å². The van der Waals surface area contributed by atoms with Gasteiger partial charge in [-0.3, -0.25) is 9.78 Å². The maximum absolute atomic E-state index is 12.2. The van der Waals surface area contributed by atoms with Gasteiger partial charge in [0.2, 0.25) is 11.7 Å². The molecule has 0 spiro atoms. The molecule has 23 heavy (non-hydrogen) atoms. The van der Waals surface area contributed by atoms with Gasteiger partial charge in [-0.25, -0.2) is 0 Å². The molecule has 118 valence electrons. The van der Waals surface area contributed by atoms with Gasteiger partial charge >= 0.3 is 0 Å². The first kappa shape index (κ1) is 15.4. The zero-order valence-corrected chi connectivity index (χ0v) is 13.7. The van der Waals surface area contributed by atoms with Crippen molar-refractivity contribution in [2.75, 3.05) is 0 Å². The summed E-state index contributed by atoms with van der Waals surface area (Å²) in [4.78, 5) is 22.3. The molecule has 3 aromatic rings. The number of hydrogen-bond acceptors (Lipinski definition) is 6. The molecule has 0 atom stereocenters. The summed E-state index contributed by atoms with van der Waals surface area (Å²) in [7, 11) is 0. The maximum atomic E-state index is 12.2. The maximum Gasteiger partial charge on any atom is 0.261 e. The Morgan fingerprint density at radius 2 is 2.13 bits per heavy atom. The van der Waals surface area contributed by atoms with Crippen molar-refractivity contribution in [1.29, 1.82) is 0 Å². The van der Waals surface area contributed by atoms with Crippen LogP contribution in [0.15, 0.2) is 35.1 Å². The summed E-state index contributed by atoms with van der Waals surface area (Å²) >= 11 is 1.52. The van der Waals surface area contributed by atoms with Crippen LogP contribution < -0.4 is 5.32 Å². The Bertz CT molecular complexity index is 811. The number of aromatic nitrogens is 3. The summed E-state index contributed by atoms with van der Waals surface area (Å²) in [5, 5.41) is 6.71. The minimum atomic E-state index is -0.124. The van der Waals surface area contributed by atoms with E-state index in [4.69, 9.17) is 4.52 Å². The van der Waals surface area contributed by atoms with E-state index in [9.17, 15) is 4.79 Å². The molecule has 0 aliphatic rings. The number of aryl methyl sites for hydroxylation is 2. The Balaban J connectivity index is 1.64. The molecule has 6 nitrogen and oxygen atoms in total. The highest BCUT2D eigenvalue weighted by Crippen LogP contribution is 2.22. The Labute approximate surface area is 137 Å². The Morgan fingerprint density at radius 3 is 2.83 bits per heavy atom. The number of carbonyl (C=O) groups is 1. The minimum absolute atomic E-state index is 0.124. The van der Waals surface area contributed by atoms with Crippen molar-refractivity contribution in [3.63, 3.8) is 0 Å². The largest absolute Gasteiger partial charge is 0.342 e. The molecule has 0 aliphatic heterocycles. The lowest BCUT2D eigenvalue weighted by Crippen LogP contribution is -2.21. The monoisotopic (exact) mass is 328 g/mol. The quantitative estimate of drug-likeness (QED) is 0.778. The number of thiophene rings is 1. The van der Waals surface area contributed by atoms with E-state index in [0.717, 1.165) is 17.5 Å². The molecule has 3 heterocycles. The van der Waals surface area contributed by atoms with Crippen LogP contribution in [-0.4, -0.2) is 21.0 Å². The van der Waals surface area contributed by atoms with Crippen molar-refractivity contribution in [2.45, 2.75) is 26.8 Å². The van der Waals surface area contributed by atoms with Crippen molar-refractivity contribution in [3.8, 4) is 11.4 Å². The first-order valence-electron chi connectivity index (χ1n) is 7.28. The number of rotatable bonds is 5. The van der Waals surface area contributed by atoms with E-state index in [-0.39, 0.29) is 12.5 Å². The van der Waals surface area contributed by atoms with Gasteiger partial charge in [0.15, 0.2) is 0 Å². The lowest BCUT2D eigenvalue weighted by Gasteiger charge is -1.98. The van der Waals surface area contributed by atoms with Gasteiger partial charge in [0.05, 0.1) is 11.4 Å². The van der Waals surface area contributed by atoms with Crippen LogP contribution in [0.4, 0.5) is 0 Å². The van der Waals surface area contributed by atoms with Crippen LogP contribution >= 0.6 is 11.3 Å². The molecule has 0 fully saturated rings. The van der Waals surface area contributed by atoms with Crippen molar-refractivity contribution in [2.24, 2.45) is 0 Å². The second-order valence-electron chi connectivity index (χ2n) is 5.00. The fourth-order valence-corrected chi connectivity index (χ4v) is 3.20. The van der Waals surface area contributed by atoms with E-state index in [1.165, 1.54) is 16.2 Å². The van der Waals surface area contributed by atoms with Crippen LogP contribution in [0.3, 0.4) is 0 Å². The highest BCUT2D eigenvalue weighted by molar-refractivity contribution is 7.14. The number of pyridine rings is 1. The van der Waals surface area contributed by atoms with E-state index >= 15 is 0 Å². The van der Waals surface area contributed by atoms with Crippen molar-refractivity contribution < 1.29 is 9.32 Å². The number of amides is 1. The number of hydrogen-bond donors (Lipinski definition) is 1. The van der Waals surface area contributed by atoms with Crippen LogP contribution in [0.1, 0.15) is 32.9 Å². The predicted molar refractivity (Wildman–Crippen MR) is 87.1 cm³/mol. The van der Waals surface area contributed by atoms with Gasteiger partial charge in [0.1, 0.15) is 0 Å². The Kier molecular flexibility index (Phi) is 4.47. The molecule has 0 saturated heterocycles. The van der Waals surface area contributed by atoms with Crippen LogP contribution in [-0.2, 0) is 13.0 Å². The van der Waals surface area contributed by atoms with Gasteiger partial charge in [-0.15, -0.1) is 11.3 Å². The van der Waals surface area contributed by atoms with Gasteiger partial charge in [-0.2, -0.15) is 4.98 Å². The topological polar surface area (TPSA) is 80.9 Å². The molecule has 3 rings (SSSR count). The molecule has 0 saturated carbocycles. The summed E-state index contributed by atoms with van der Waals surface area (Å²) < 4.78 is 5.16. The van der Waals surface area contributed by atoms with Gasteiger partial charge in [-0.1, -0.05) is 12.1 Å². The molecular formula is C16H16N4O2S. The molecule has 1 amide bonds. The lowest BCUT2D eigenvalue weighted by molar-refractivity contribution is 0.0950. The zero-order chi connectivity index (χ0) is 16.2. The van der Waals surface area contributed by atoms with E-state index in [1.54, 1.807) is 24.5 Å². The van der Waals surface area contributed by atoms with Gasteiger partial charge in [-0.05, 0) is 37.1 Å². The van der Waals surface area contributed by atoms with E-state index in [0.29, 0.717) is 16.6 Å². The molecule has 7 heteroatoms. The molecule has 0 aromatic carbocycles. The standard InChI is InChI=1S/C16H16N4O2S/c1-3-12-10(2)8-13(23-12)16(21)18-9-14-19-15(20-22-14)11-4-6-17-7-5-11/h4-8H,3,9H2,1-2H3,(H,18,21). The Hall–Kier alpha value is -2.54. The molecule has 0 radical (unpaired) electrons. The minimum Gasteiger partial charge on any atom is -0.342 e. The first-order chi connectivity index (χ1) is 11.2. The molecular weight excluding hydrogens is 312 g/mol. The molecule has 0 bridgehead atoms. The second kappa shape index (κ2) is 6.70. The van der Waals surface area contributed by atoms with Crippen LogP contribution in [0.2, 0.25) is 0 Å². The summed E-state index contributed by atoms with van der Waals surface area (Å²) in [6.07, 6.45) is 4.26. The third-order valence-corrected chi connectivity index (χ3v) is 4.75. The SMILES string of the molecule is CCc1sc(C(=O)NCc2nc(-c3ccncc3)no2)cc1C. The fourth-order valence-electron chi connectivity index (χ4n) is 2.17. The number of nitrogens with one attached hydrogen (secondary N) is 1. The molecule has 0 unspecified atom stereocenters. The predicted octanol–water partition coefficient (Wildman–Crippen LogP) is 2.99. The Morgan fingerprint density at radius 1 is 1.35 bits per heavy atom. The fraction of sp³-hybridized carbons (Fsp3) is 0.250. The van der Waals surface area contributed by atoms with Gasteiger partial charge < -0.3 is 9.84 Å². The van der Waals surface area contributed by atoms with Gasteiger partial charge in [0.25, 0.3) is 5.91 Å². The first-order valence-corrected chi connectivity index (χ1v) is 8.09. The van der Waals surface area contributed by atoms with Gasteiger partial charge in [0, 0.05) is 22.8 Å². The molecule has 0 aliphatic carbocycles. The average molecular weight is 328 g/mol. The zero-order valence-electron chi connectivity index (χ0n) is 12.9. The third kappa shape index (κ3) is 3.45. The van der Waals surface area contributed by atoms with Crippen LogP contribution in [0.5, 0.6) is 0 Å². The molecule has 1 N–H and O–H groups in total. The van der Waals surface area contributed by atoms with E-state index in [1.807, 2.05) is 13.0 Å². The summed E-state index contributed by atoms with van der Waals surface area (Å²) in [5.41, 5.74) is 1.98. The average Bonchev–Trinajstić information content (AvgIpc) is 3.20. The lowest BCUT2D eigenvalue weighted by atomic mass is 10.2. The number of carbonyl (C=O) groups excluding carboxylic acids is 1. The van der Waals surface area contributed by atoms with E-state index in [2.05, 4.69) is 27.4 Å². The summed E-state index contributed by atoms with van der Waals surface area (Å²) in [6, 6.07) is 5.51. The van der Waals surface area contributed by atoms with Crippen molar-refractivity contribution >= 4 is 17.2 Å². The normalized spacial score (nSPS) is 10.7. The van der Waals surface area contributed by atoms with Crippen molar-refractivity contribution in [3.05, 3.63) is 51.8 Å². The summed E-state index contributed by atoms with van der Waals surface area (Å²) in [5.74, 6) is 0.729. The highest BCUT2D eigenvalue weighted by Gasteiger charge is 2.13. The van der Waals surface area contributed by atoms with Crippen molar-refractivity contribution in [1.82, 2.24) is 20.4 Å². The second-order valence-corrected chi connectivity index (χ2v) is 6.14. The summed E-state index contributed by atoms with van der Waals surface area (Å²) in [6.45, 7) is 4.31. The number of nitrogens with zero attached hydrogens (tertiary/aromatic N) is 3. The smallest absolute Gasteiger partial charge is 0.261 e. The highest BCUT2D eigenvalue weighted by atomic mass is 32.1. The van der Waals surface area contributed by atoms with E-state index < -0.39 is 0 Å². The molecule has 3 aromatic heterocycles.